The molecule has 3 aromatic rings. The van der Waals surface area contributed by atoms with Gasteiger partial charge in [-0.05, 0) is 63.3 Å². The van der Waals surface area contributed by atoms with Crippen molar-refractivity contribution < 1.29 is 4.79 Å². The highest BCUT2D eigenvalue weighted by Gasteiger charge is 2.20. The Labute approximate surface area is 148 Å². The standard InChI is InChI=1S/C20H26N4O/c1-11-7-8-12(2)18-17(11)13(3)19(21-18)20(25)24(6)10-9-16-14(4)22-23-15(16)5/h7-8,21H,9-10H2,1-6H3,(H,22,23). The lowest BCUT2D eigenvalue weighted by molar-refractivity contribution is 0.0791. The first-order valence-corrected chi connectivity index (χ1v) is 8.65. The summed E-state index contributed by atoms with van der Waals surface area (Å²) in [7, 11) is 1.86. The van der Waals surface area contributed by atoms with Gasteiger partial charge >= 0.3 is 0 Å². The molecule has 2 aromatic heterocycles. The summed E-state index contributed by atoms with van der Waals surface area (Å²) in [5, 5.41) is 8.39. The predicted molar refractivity (Wildman–Crippen MR) is 101 cm³/mol. The van der Waals surface area contributed by atoms with Crippen LogP contribution in [0.5, 0.6) is 0 Å². The molecule has 132 valence electrons. The van der Waals surface area contributed by atoms with E-state index in [1.165, 1.54) is 16.5 Å². The fraction of sp³-hybridized carbons (Fsp3) is 0.400. The van der Waals surface area contributed by atoms with E-state index in [0.717, 1.165) is 34.5 Å². The number of fused-ring (bicyclic) bond motifs is 1. The normalized spacial score (nSPS) is 11.3. The minimum Gasteiger partial charge on any atom is -0.350 e. The second-order valence-corrected chi connectivity index (χ2v) is 6.96. The largest absolute Gasteiger partial charge is 0.350 e. The van der Waals surface area contributed by atoms with Crippen LogP contribution in [0.4, 0.5) is 0 Å². The van der Waals surface area contributed by atoms with E-state index in [1.807, 2.05) is 27.8 Å². The number of likely N-dealkylation sites (N-methyl/N-ethyl adjacent to an activating group) is 1. The van der Waals surface area contributed by atoms with Crippen molar-refractivity contribution in [2.75, 3.05) is 13.6 Å². The van der Waals surface area contributed by atoms with Crippen LogP contribution in [0.15, 0.2) is 12.1 Å². The van der Waals surface area contributed by atoms with Crippen LogP contribution in [-0.4, -0.2) is 39.6 Å². The van der Waals surface area contributed by atoms with Crippen molar-refractivity contribution in [3.63, 3.8) is 0 Å². The third-order valence-corrected chi connectivity index (χ3v) is 5.16. The highest BCUT2D eigenvalue weighted by Crippen LogP contribution is 2.28. The van der Waals surface area contributed by atoms with Gasteiger partial charge in [-0.3, -0.25) is 9.89 Å². The van der Waals surface area contributed by atoms with Crippen molar-refractivity contribution in [2.24, 2.45) is 0 Å². The van der Waals surface area contributed by atoms with Gasteiger partial charge in [-0.25, -0.2) is 0 Å². The Kier molecular flexibility index (Phi) is 4.41. The Morgan fingerprint density at radius 2 is 1.80 bits per heavy atom. The van der Waals surface area contributed by atoms with Crippen LogP contribution in [0.1, 0.15) is 44.1 Å². The highest BCUT2D eigenvalue weighted by atomic mass is 16.2. The van der Waals surface area contributed by atoms with E-state index < -0.39 is 0 Å². The van der Waals surface area contributed by atoms with Crippen LogP contribution in [0.3, 0.4) is 0 Å². The summed E-state index contributed by atoms with van der Waals surface area (Å²) < 4.78 is 0. The van der Waals surface area contributed by atoms with Crippen molar-refractivity contribution in [3.8, 4) is 0 Å². The van der Waals surface area contributed by atoms with Crippen molar-refractivity contribution >= 4 is 16.8 Å². The minimum atomic E-state index is 0.0336. The predicted octanol–water partition coefficient (Wildman–Crippen LogP) is 3.75. The lowest BCUT2D eigenvalue weighted by atomic mass is 10.0. The maximum atomic E-state index is 13.0. The summed E-state index contributed by atoms with van der Waals surface area (Å²) in [4.78, 5) is 18.1. The Morgan fingerprint density at radius 3 is 2.40 bits per heavy atom. The summed E-state index contributed by atoms with van der Waals surface area (Å²) in [6.45, 7) is 10.9. The van der Waals surface area contributed by atoms with E-state index >= 15 is 0 Å². The zero-order valence-electron chi connectivity index (χ0n) is 15.9. The van der Waals surface area contributed by atoms with Gasteiger partial charge in [0, 0.05) is 30.2 Å². The number of aromatic nitrogens is 3. The molecule has 0 atom stereocenters. The van der Waals surface area contributed by atoms with Crippen LogP contribution in [0.2, 0.25) is 0 Å². The molecule has 1 amide bonds. The molecule has 0 saturated heterocycles. The van der Waals surface area contributed by atoms with Gasteiger partial charge in [0.2, 0.25) is 0 Å². The maximum Gasteiger partial charge on any atom is 0.270 e. The topological polar surface area (TPSA) is 64.8 Å². The van der Waals surface area contributed by atoms with E-state index in [0.29, 0.717) is 12.2 Å². The van der Waals surface area contributed by atoms with Crippen molar-refractivity contribution in [1.82, 2.24) is 20.1 Å². The quantitative estimate of drug-likeness (QED) is 0.761. The molecule has 3 rings (SSSR count). The molecule has 0 bridgehead atoms. The lowest BCUT2D eigenvalue weighted by Gasteiger charge is -2.17. The molecule has 0 unspecified atom stereocenters. The van der Waals surface area contributed by atoms with Crippen molar-refractivity contribution in [2.45, 2.75) is 41.0 Å². The molecule has 0 radical (unpaired) electrons. The summed E-state index contributed by atoms with van der Waals surface area (Å²) in [5.41, 5.74) is 8.42. The fourth-order valence-corrected chi connectivity index (χ4v) is 3.53. The van der Waals surface area contributed by atoms with Crippen LogP contribution < -0.4 is 0 Å². The smallest absolute Gasteiger partial charge is 0.270 e. The molecular formula is C20H26N4O. The first kappa shape index (κ1) is 17.3. The van der Waals surface area contributed by atoms with Crippen molar-refractivity contribution in [3.05, 3.63) is 51.5 Å². The van der Waals surface area contributed by atoms with Gasteiger partial charge in [0.1, 0.15) is 5.69 Å². The number of carbonyl (C=O) groups excluding carboxylic acids is 1. The highest BCUT2D eigenvalue weighted by molar-refractivity contribution is 6.02. The molecule has 0 spiro atoms. The number of carbonyl (C=O) groups is 1. The monoisotopic (exact) mass is 338 g/mol. The Morgan fingerprint density at radius 1 is 1.12 bits per heavy atom. The first-order chi connectivity index (χ1) is 11.8. The summed E-state index contributed by atoms with van der Waals surface area (Å²) in [5.74, 6) is 0.0336. The Hall–Kier alpha value is -2.56. The van der Waals surface area contributed by atoms with E-state index in [1.54, 1.807) is 4.90 Å². The number of aryl methyl sites for hydroxylation is 5. The number of nitrogens with one attached hydrogen (secondary N) is 2. The molecule has 0 aliphatic heterocycles. The molecule has 0 saturated carbocycles. The SMILES string of the molecule is Cc1n[nH]c(C)c1CCN(C)C(=O)c1[nH]c2c(C)ccc(C)c2c1C. The van der Waals surface area contributed by atoms with Crippen LogP contribution in [-0.2, 0) is 6.42 Å². The minimum absolute atomic E-state index is 0.0336. The van der Waals surface area contributed by atoms with Crippen LogP contribution in [0.25, 0.3) is 10.9 Å². The van der Waals surface area contributed by atoms with Gasteiger partial charge in [0.15, 0.2) is 0 Å². The third kappa shape index (κ3) is 2.95. The van der Waals surface area contributed by atoms with E-state index in [9.17, 15) is 4.79 Å². The van der Waals surface area contributed by atoms with Crippen molar-refractivity contribution in [1.29, 1.82) is 0 Å². The summed E-state index contributed by atoms with van der Waals surface area (Å²) in [6.07, 6.45) is 0.799. The zero-order valence-corrected chi connectivity index (χ0v) is 15.9. The number of benzene rings is 1. The molecule has 5 nitrogen and oxygen atoms in total. The molecule has 2 N–H and O–H groups in total. The zero-order chi connectivity index (χ0) is 18.3. The van der Waals surface area contributed by atoms with Gasteiger partial charge in [0.05, 0.1) is 5.69 Å². The first-order valence-electron chi connectivity index (χ1n) is 8.65. The second-order valence-electron chi connectivity index (χ2n) is 6.96. The average molecular weight is 338 g/mol. The third-order valence-electron chi connectivity index (χ3n) is 5.16. The Balaban J connectivity index is 1.85. The van der Waals surface area contributed by atoms with Gasteiger partial charge in [-0.2, -0.15) is 5.10 Å². The Bertz CT molecular complexity index is 929. The van der Waals surface area contributed by atoms with Gasteiger partial charge in [-0.15, -0.1) is 0 Å². The number of hydrogen-bond donors (Lipinski definition) is 2. The molecule has 0 aliphatic rings. The van der Waals surface area contributed by atoms with E-state index in [4.69, 9.17) is 0 Å². The number of H-pyrrole nitrogens is 2. The average Bonchev–Trinajstić information content (AvgIpc) is 3.09. The van der Waals surface area contributed by atoms with Gasteiger partial charge in [0.25, 0.3) is 5.91 Å². The second kappa shape index (κ2) is 6.39. The number of rotatable bonds is 4. The van der Waals surface area contributed by atoms with E-state index in [-0.39, 0.29) is 5.91 Å². The molecular weight excluding hydrogens is 312 g/mol. The summed E-state index contributed by atoms with van der Waals surface area (Å²) >= 11 is 0. The number of nitrogens with zero attached hydrogens (tertiary/aromatic N) is 2. The van der Waals surface area contributed by atoms with E-state index in [2.05, 4.69) is 41.2 Å². The fourth-order valence-electron chi connectivity index (χ4n) is 3.53. The van der Waals surface area contributed by atoms with Crippen LogP contribution in [0, 0.1) is 34.6 Å². The lowest BCUT2D eigenvalue weighted by Crippen LogP contribution is -2.29. The summed E-state index contributed by atoms with van der Waals surface area (Å²) in [6, 6.07) is 4.21. The molecule has 0 fully saturated rings. The molecule has 25 heavy (non-hydrogen) atoms. The molecule has 1 aromatic carbocycles. The van der Waals surface area contributed by atoms with Gasteiger partial charge in [-0.1, -0.05) is 12.1 Å². The number of hydrogen-bond acceptors (Lipinski definition) is 2. The van der Waals surface area contributed by atoms with Gasteiger partial charge < -0.3 is 9.88 Å². The van der Waals surface area contributed by atoms with Crippen LogP contribution >= 0.6 is 0 Å². The molecule has 5 heteroatoms. The molecule has 0 aliphatic carbocycles. The maximum absolute atomic E-state index is 13.0. The number of amides is 1. The molecule has 2 heterocycles. The number of aromatic amines is 2.